The number of aryl methyl sites for hydroxylation is 1. The van der Waals surface area contributed by atoms with E-state index in [2.05, 4.69) is 41.2 Å². The van der Waals surface area contributed by atoms with Crippen molar-refractivity contribution in [2.24, 2.45) is 0 Å². The van der Waals surface area contributed by atoms with Crippen LogP contribution in [0.4, 0.5) is 5.69 Å². The predicted molar refractivity (Wildman–Crippen MR) is 81.2 cm³/mol. The lowest BCUT2D eigenvalue weighted by molar-refractivity contribution is 1.14. The van der Waals surface area contributed by atoms with Gasteiger partial charge in [-0.2, -0.15) is 0 Å². The number of nitrogen functional groups attached to an aromatic ring is 1. The standard InChI is InChI=1S/C15H15N3S/c1-10-4-2-3-5-14(10)19-9-15-17-12-7-6-11(16)8-13(12)18-15/h2-8H,9,16H2,1H3,(H,17,18). The van der Waals surface area contributed by atoms with Crippen molar-refractivity contribution in [2.75, 3.05) is 5.73 Å². The maximum absolute atomic E-state index is 5.77. The highest BCUT2D eigenvalue weighted by Crippen LogP contribution is 2.25. The molecule has 1 aromatic heterocycles. The monoisotopic (exact) mass is 269 g/mol. The number of H-pyrrole nitrogens is 1. The minimum atomic E-state index is 0.759. The van der Waals surface area contributed by atoms with Gasteiger partial charge in [-0.15, -0.1) is 11.8 Å². The third kappa shape index (κ3) is 2.58. The van der Waals surface area contributed by atoms with E-state index >= 15 is 0 Å². The Labute approximate surface area is 116 Å². The van der Waals surface area contributed by atoms with Crippen molar-refractivity contribution in [3.63, 3.8) is 0 Å². The Hall–Kier alpha value is -1.94. The summed E-state index contributed by atoms with van der Waals surface area (Å²) >= 11 is 1.79. The predicted octanol–water partition coefficient (Wildman–Crippen LogP) is 3.75. The van der Waals surface area contributed by atoms with Gasteiger partial charge in [-0.25, -0.2) is 4.98 Å². The molecule has 0 unspecified atom stereocenters. The Morgan fingerprint density at radius 3 is 2.89 bits per heavy atom. The normalized spacial score (nSPS) is 11.0. The molecule has 1 heterocycles. The summed E-state index contributed by atoms with van der Waals surface area (Å²) in [6.07, 6.45) is 0. The van der Waals surface area contributed by atoms with Crippen LogP contribution < -0.4 is 5.73 Å². The Morgan fingerprint density at radius 1 is 1.21 bits per heavy atom. The van der Waals surface area contributed by atoms with Gasteiger partial charge in [0.15, 0.2) is 0 Å². The number of anilines is 1. The van der Waals surface area contributed by atoms with Gasteiger partial charge in [0.05, 0.1) is 16.8 Å². The molecule has 0 aliphatic heterocycles. The van der Waals surface area contributed by atoms with E-state index in [1.54, 1.807) is 11.8 Å². The highest BCUT2D eigenvalue weighted by atomic mass is 32.2. The maximum Gasteiger partial charge on any atom is 0.117 e. The number of hydrogen-bond acceptors (Lipinski definition) is 3. The van der Waals surface area contributed by atoms with Crippen molar-refractivity contribution in [3.05, 3.63) is 53.9 Å². The smallest absolute Gasteiger partial charge is 0.117 e. The van der Waals surface area contributed by atoms with Gasteiger partial charge < -0.3 is 10.7 Å². The molecule has 0 saturated heterocycles. The fourth-order valence-corrected chi connectivity index (χ4v) is 2.91. The second-order valence-electron chi connectivity index (χ2n) is 4.51. The third-order valence-corrected chi connectivity index (χ3v) is 4.20. The van der Waals surface area contributed by atoms with E-state index in [9.17, 15) is 0 Å². The quantitative estimate of drug-likeness (QED) is 0.562. The van der Waals surface area contributed by atoms with Gasteiger partial charge in [-0.3, -0.25) is 0 Å². The number of thioether (sulfide) groups is 1. The van der Waals surface area contributed by atoms with Crippen molar-refractivity contribution in [1.82, 2.24) is 9.97 Å². The number of hydrogen-bond donors (Lipinski definition) is 2. The van der Waals surface area contributed by atoms with Gasteiger partial charge in [0.25, 0.3) is 0 Å². The molecule has 0 radical (unpaired) electrons. The Balaban J connectivity index is 1.80. The number of aromatic amines is 1. The summed E-state index contributed by atoms with van der Waals surface area (Å²) in [7, 11) is 0. The van der Waals surface area contributed by atoms with Crippen LogP contribution in [0.5, 0.6) is 0 Å². The van der Waals surface area contributed by atoms with Gasteiger partial charge in [0.1, 0.15) is 5.82 Å². The van der Waals surface area contributed by atoms with Crippen LogP contribution in [-0.2, 0) is 5.75 Å². The van der Waals surface area contributed by atoms with Crippen molar-refractivity contribution < 1.29 is 0 Å². The molecule has 0 fully saturated rings. The van der Waals surface area contributed by atoms with Crippen LogP contribution in [0, 0.1) is 6.92 Å². The molecule has 3 N–H and O–H groups in total. The van der Waals surface area contributed by atoms with E-state index in [0.717, 1.165) is 28.3 Å². The van der Waals surface area contributed by atoms with Crippen LogP contribution in [0.2, 0.25) is 0 Å². The SMILES string of the molecule is Cc1ccccc1SCc1nc2ccc(N)cc2[nH]1. The Kier molecular flexibility index (Phi) is 3.17. The third-order valence-electron chi connectivity index (χ3n) is 3.01. The maximum atomic E-state index is 5.77. The number of rotatable bonds is 3. The van der Waals surface area contributed by atoms with E-state index in [1.807, 2.05) is 18.2 Å². The van der Waals surface area contributed by atoms with Gasteiger partial charge in [-0.05, 0) is 36.8 Å². The van der Waals surface area contributed by atoms with E-state index in [-0.39, 0.29) is 0 Å². The summed E-state index contributed by atoms with van der Waals surface area (Å²) < 4.78 is 0. The van der Waals surface area contributed by atoms with Crippen molar-refractivity contribution in [2.45, 2.75) is 17.6 Å². The summed E-state index contributed by atoms with van der Waals surface area (Å²) in [4.78, 5) is 9.17. The number of nitrogens with two attached hydrogens (primary N) is 1. The zero-order valence-corrected chi connectivity index (χ0v) is 11.5. The van der Waals surface area contributed by atoms with Crippen LogP contribution in [0.15, 0.2) is 47.4 Å². The largest absolute Gasteiger partial charge is 0.399 e. The number of aromatic nitrogens is 2. The zero-order chi connectivity index (χ0) is 13.2. The molecule has 2 aromatic carbocycles. The van der Waals surface area contributed by atoms with Crippen molar-refractivity contribution >= 4 is 28.5 Å². The van der Waals surface area contributed by atoms with Crippen LogP contribution >= 0.6 is 11.8 Å². The fraction of sp³-hybridized carbons (Fsp3) is 0.133. The van der Waals surface area contributed by atoms with Crippen LogP contribution in [-0.4, -0.2) is 9.97 Å². The molecular formula is C15H15N3S. The highest BCUT2D eigenvalue weighted by Gasteiger charge is 2.04. The summed E-state index contributed by atoms with van der Waals surface area (Å²) in [5, 5.41) is 0. The molecule has 0 saturated carbocycles. The molecule has 19 heavy (non-hydrogen) atoms. The first kappa shape index (κ1) is 12.1. The first-order valence-electron chi connectivity index (χ1n) is 6.15. The molecule has 0 atom stereocenters. The van der Waals surface area contributed by atoms with Crippen LogP contribution in [0.3, 0.4) is 0 Å². The van der Waals surface area contributed by atoms with E-state index in [1.165, 1.54) is 10.5 Å². The van der Waals surface area contributed by atoms with Gasteiger partial charge in [0.2, 0.25) is 0 Å². The number of nitrogens with one attached hydrogen (secondary N) is 1. The number of fused-ring (bicyclic) bond motifs is 1. The van der Waals surface area contributed by atoms with Crippen molar-refractivity contribution in [3.8, 4) is 0 Å². The lowest BCUT2D eigenvalue weighted by atomic mass is 10.2. The molecule has 4 heteroatoms. The number of nitrogens with zero attached hydrogens (tertiary/aromatic N) is 1. The second-order valence-corrected chi connectivity index (χ2v) is 5.53. The Bertz CT molecular complexity index is 718. The van der Waals surface area contributed by atoms with E-state index < -0.39 is 0 Å². The van der Waals surface area contributed by atoms with Crippen LogP contribution in [0.1, 0.15) is 11.4 Å². The van der Waals surface area contributed by atoms with E-state index in [0.29, 0.717) is 0 Å². The molecule has 0 bridgehead atoms. The zero-order valence-electron chi connectivity index (χ0n) is 10.7. The molecular weight excluding hydrogens is 254 g/mol. The molecule has 96 valence electrons. The van der Waals surface area contributed by atoms with Gasteiger partial charge >= 0.3 is 0 Å². The average Bonchev–Trinajstić information content (AvgIpc) is 2.79. The Morgan fingerprint density at radius 2 is 2.05 bits per heavy atom. The van der Waals surface area contributed by atoms with Crippen molar-refractivity contribution in [1.29, 1.82) is 0 Å². The molecule has 3 nitrogen and oxygen atoms in total. The van der Waals surface area contributed by atoms with Crippen LogP contribution in [0.25, 0.3) is 11.0 Å². The molecule has 0 aliphatic rings. The molecule has 3 rings (SSSR count). The molecule has 0 spiro atoms. The lowest BCUT2D eigenvalue weighted by Crippen LogP contribution is -1.85. The van der Waals surface area contributed by atoms with Gasteiger partial charge in [-0.1, -0.05) is 18.2 Å². The lowest BCUT2D eigenvalue weighted by Gasteiger charge is -2.02. The minimum absolute atomic E-state index is 0.759. The number of imidazole rings is 1. The minimum Gasteiger partial charge on any atom is -0.399 e. The second kappa shape index (κ2) is 4.97. The summed E-state index contributed by atoms with van der Waals surface area (Å²) in [5.41, 5.74) is 9.79. The summed E-state index contributed by atoms with van der Waals surface area (Å²) in [6.45, 7) is 2.13. The van der Waals surface area contributed by atoms with Gasteiger partial charge in [0, 0.05) is 10.6 Å². The summed E-state index contributed by atoms with van der Waals surface area (Å²) in [5.74, 6) is 1.81. The topological polar surface area (TPSA) is 54.7 Å². The average molecular weight is 269 g/mol. The highest BCUT2D eigenvalue weighted by molar-refractivity contribution is 7.98. The first-order chi connectivity index (χ1) is 9.22. The number of benzene rings is 2. The molecule has 3 aromatic rings. The molecule has 0 aliphatic carbocycles. The fourth-order valence-electron chi connectivity index (χ4n) is 2.01. The molecule has 0 amide bonds. The van der Waals surface area contributed by atoms with E-state index in [4.69, 9.17) is 5.73 Å². The summed E-state index contributed by atoms with van der Waals surface area (Å²) in [6, 6.07) is 14.1. The first-order valence-corrected chi connectivity index (χ1v) is 7.13.